The van der Waals surface area contributed by atoms with Crippen LogP contribution in [0.2, 0.25) is 0 Å². The average Bonchev–Trinajstić information content (AvgIpc) is 3.87. The molecule has 1 saturated carbocycles. The molecule has 0 aromatic carbocycles. The molecular formula is C32H33F2N7O10S. The van der Waals surface area contributed by atoms with Gasteiger partial charge in [0, 0.05) is 43.8 Å². The maximum absolute atomic E-state index is 14.9. The quantitative estimate of drug-likeness (QED) is 0.107. The number of nitrogens with zero attached hydrogens (tertiary/aromatic N) is 6. The molecule has 0 radical (unpaired) electrons. The van der Waals surface area contributed by atoms with Gasteiger partial charge in [0.25, 0.3) is 5.91 Å². The van der Waals surface area contributed by atoms with E-state index in [0.717, 1.165) is 67.7 Å². The number of aromatic nitrogens is 6. The number of carbonyl (C=O) groups is 5. The van der Waals surface area contributed by atoms with Crippen molar-refractivity contribution in [1.82, 2.24) is 29.5 Å². The van der Waals surface area contributed by atoms with Crippen LogP contribution in [0, 0.1) is 11.8 Å². The van der Waals surface area contributed by atoms with Crippen molar-refractivity contribution in [1.29, 1.82) is 0 Å². The number of ether oxygens (including phenoxy) is 4. The fourth-order valence-corrected chi connectivity index (χ4v) is 6.20. The van der Waals surface area contributed by atoms with Crippen molar-refractivity contribution in [3.8, 4) is 22.0 Å². The minimum absolute atomic E-state index is 0.0165. The van der Waals surface area contributed by atoms with Crippen LogP contribution in [0.15, 0.2) is 36.1 Å². The first-order chi connectivity index (χ1) is 24.8. The molecule has 1 aliphatic carbocycles. The minimum atomic E-state index is -2.16. The van der Waals surface area contributed by atoms with E-state index in [-0.39, 0.29) is 34.9 Å². The van der Waals surface area contributed by atoms with Crippen molar-refractivity contribution in [2.45, 2.75) is 77.5 Å². The number of esters is 3. The molecule has 0 aliphatic heterocycles. The molecule has 4 aromatic rings. The monoisotopic (exact) mass is 745 g/mol. The predicted molar refractivity (Wildman–Crippen MR) is 174 cm³/mol. The molecule has 2 N–H and O–H groups in total. The van der Waals surface area contributed by atoms with E-state index in [9.17, 15) is 37.9 Å². The summed E-state index contributed by atoms with van der Waals surface area (Å²) >= 11 is 1.08. The Hall–Kier alpha value is -5.63. The van der Waals surface area contributed by atoms with Crippen molar-refractivity contribution < 1.29 is 56.8 Å². The summed E-state index contributed by atoms with van der Waals surface area (Å²) in [5, 5.41) is 22.5. The lowest BCUT2D eigenvalue weighted by Crippen LogP contribution is -2.46. The molecule has 276 valence electrons. The Morgan fingerprint density at radius 3 is 2.38 bits per heavy atom. The third-order valence-electron chi connectivity index (χ3n) is 7.73. The summed E-state index contributed by atoms with van der Waals surface area (Å²) in [6.07, 6.45) is 3.24. The highest BCUT2D eigenvalue weighted by Crippen LogP contribution is 2.35. The largest absolute Gasteiger partial charge is 0.478 e. The van der Waals surface area contributed by atoms with Gasteiger partial charge in [-0.2, -0.15) is 14.6 Å². The summed E-state index contributed by atoms with van der Waals surface area (Å²) in [6.45, 7) is 3.82. The lowest BCUT2D eigenvalue weighted by molar-refractivity contribution is -0.190. The molecule has 17 nitrogen and oxygen atoms in total. The second-order valence-corrected chi connectivity index (χ2v) is 12.3. The van der Waals surface area contributed by atoms with Gasteiger partial charge in [-0.15, -0.1) is 11.3 Å². The molecular weight excluding hydrogens is 712 g/mol. The Kier molecular flexibility index (Phi) is 12.0. The standard InChI is InChI=1S/C32H33F2N7O10S/c1-4-48-20-7-5-19(6-8-20)41-13-22(26(39-41)25-21(33)9-10-24(34)38-25)36-29(44)23-14-52-30(37-23)18-11-35-40(12-18)15-49-32(47)28(51-17(3)43)27(31(45)46)50-16(2)42/h9-14,19-20,27-28H,4-8,15H2,1-3H3,(H,36,44)(H,45,46)/t19-,20-,27?,28?. The summed E-state index contributed by atoms with van der Waals surface area (Å²) < 4.78 is 51.9. The number of carboxylic acid groups (broad SMARTS) is 1. The van der Waals surface area contributed by atoms with Crippen molar-refractivity contribution in [2.24, 2.45) is 0 Å². The summed E-state index contributed by atoms with van der Waals surface area (Å²) in [7, 11) is 0. The van der Waals surface area contributed by atoms with E-state index in [1.807, 2.05) is 6.92 Å². The number of nitrogens with one attached hydrogen (secondary N) is 1. The van der Waals surface area contributed by atoms with Crippen LogP contribution in [-0.4, -0.2) is 89.3 Å². The second kappa shape index (κ2) is 16.6. The molecule has 1 fully saturated rings. The Morgan fingerprint density at radius 2 is 1.71 bits per heavy atom. The number of hydrogen-bond donors (Lipinski definition) is 2. The number of aliphatic carboxylic acids is 1. The van der Waals surface area contributed by atoms with Gasteiger partial charge in [-0.25, -0.2) is 28.6 Å². The summed E-state index contributed by atoms with van der Waals surface area (Å²) in [4.78, 5) is 68.5. The van der Waals surface area contributed by atoms with Gasteiger partial charge in [-0.05, 0) is 44.7 Å². The van der Waals surface area contributed by atoms with Gasteiger partial charge in [0.15, 0.2) is 12.5 Å². The molecule has 1 aliphatic rings. The molecule has 0 bridgehead atoms. The average molecular weight is 746 g/mol. The van der Waals surface area contributed by atoms with E-state index >= 15 is 0 Å². The Bertz CT molecular complexity index is 1960. The SMILES string of the molecule is CCO[C@H]1CC[C@H](n2cc(NC(=O)c3csc(-c4cnn(COC(=O)C(OC(C)=O)C(OC(C)=O)C(=O)O)c4)n3)c(-c3nc(F)ccc3F)n2)CC1. The number of carboxylic acids is 1. The van der Waals surface area contributed by atoms with Crippen molar-refractivity contribution >= 4 is 46.8 Å². The fraction of sp³-hybridized carbons (Fsp3) is 0.406. The van der Waals surface area contributed by atoms with Crippen LogP contribution in [0.1, 0.15) is 63.0 Å². The molecule has 1 amide bonds. The van der Waals surface area contributed by atoms with Gasteiger partial charge >= 0.3 is 23.9 Å². The maximum atomic E-state index is 14.9. The van der Waals surface area contributed by atoms with Crippen LogP contribution >= 0.6 is 11.3 Å². The molecule has 0 spiro atoms. The number of anilines is 1. The van der Waals surface area contributed by atoms with Crippen LogP contribution in [0.3, 0.4) is 0 Å². The molecule has 52 heavy (non-hydrogen) atoms. The zero-order chi connectivity index (χ0) is 37.5. The normalized spacial score (nSPS) is 16.8. The highest BCUT2D eigenvalue weighted by Gasteiger charge is 2.41. The summed E-state index contributed by atoms with van der Waals surface area (Å²) in [5.74, 6) is -7.53. The van der Waals surface area contributed by atoms with Crippen molar-refractivity contribution in [3.63, 3.8) is 0 Å². The smallest absolute Gasteiger partial charge is 0.353 e. The molecule has 2 atom stereocenters. The molecule has 2 unspecified atom stereocenters. The summed E-state index contributed by atoms with van der Waals surface area (Å²) in [6, 6.07) is 1.74. The lowest BCUT2D eigenvalue weighted by atomic mass is 9.93. The van der Waals surface area contributed by atoms with Gasteiger partial charge in [0.05, 0.1) is 24.0 Å². The van der Waals surface area contributed by atoms with Gasteiger partial charge < -0.3 is 29.4 Å². The number of hydrogen-bond acceptors (Lipinski definition) is 14. The number of rotatable bonds is 14. The molecule has 4 heterocycles. The minimum Gasteiger partial charge on any atom is -0.478 e. The molecule has 4 aromatic heterocycles. The Morgan fingerprint density at radius 1 is 1.00 bits per heavy atom. The third kappa shape index (κ3) is 9.18. The lowest BCUT2D eigenvalue weighted by Gasteiger charge is -2.28. The summed E-state index contributed by atoms with van der Waals surface area (Å²) in [5.41, 5.74) is 0.0681. The van der Waals surface area contributed by atoms with Crippen LogP contribution < -0.4 is 5.32 Å². The first-order valence-electron chi connectivity index (χ1n) is 15.9. The maximum Gasteiger partial charge on any atom is 0.353 e. The third-order valence-corrected chi connectivity index (χ3v) is 8.62. The van der Waals surface area contributed by atoms with Gasteiger partial charge in [0.2, 0.25) is 18.2 Å². The van der Waals surface area contributed by atoms with E-state index in [2.05, 4.69) is 30.2 Å². The van der Waals surface area contributed by atoms with E-state index in [1.54, 1.807) is 10.9 Å². The number of pyridine rings is 1. The number of carbonyl (C=O) groups excluding carboxylic acids is 4. The van der Waals surface area contributed by atoms with Gasteiger partial charge in [0.1, 0.15) is 22.1 Å². The zero-order valence-electron chi connectivity index (χ0n) is 28.0. The molecule has 20 heteroatoms. The number of amides is 1. The highest BCUT2D eigenvalue weighted by atomic mass is 32.1. The fourth-order valence-electron chi connectivity index (χ4n) is 5.43. The number of halogens is 2. The van der Waals surface area contributed by atoms with Crippen LogP contribution in [0.5, 0.6) is 0 Å². The van der Waals surface area contributed by atoms with Crippen LogP contribution in [-0.2, 0) is 44.9 Å². The van der Waals surface area contributed by atoms with E-state index < -0.39 is 60.5 Å². The zero-order valence-corrected chi connectivity index (χ0v) is 28.8. The van der Waals surface area contributed by atoms with Crippen molar-refractivity contribution in [2.75, 3.05) is 11.9 Å². The van der Waals surface area contributed by atoms with E-state index in [0.29, 0.717) is 17.2 Å². The number of thiazole rings is 1. The first kappa shape index (κ1) is 37.6. The van der Waals surface area contributed by atoms with Gasteiger partial charge in [-0.3, -0.25) is 19.1 Å². The topological polar surface area (TPSA) is 216 Å². The van der Waals surface area contributed by atoms with E-state index in [1.165, 1.54) is 17.8 Å². The molecule has 5 rings (SSSR count). The second-order valence-electron chi connectivity index (χ2n) is 11.5. The van der Waals surface area contributed by atoms with Crippen LogP contribution in [0.25, 0.3) is 22.0 Å². The first-order valence-corrected chi connectivity index (χ1v) is 16.8. The van der Waals surface area contributed by atoms with Gasteiger partial charge in [-0.1, -0.05) is 0 Å². The predicted octanol–water partition coefficient (Wildman–Crippen LogP) is 3.76. The highest BCUT2D eigenvalue weighted by molar-refractivity contribution is 7.13. The van der Waals surface area contributed by atoms with Crippen molar-refractivity contribution in [3.05, 3.63) is 53.6 Å². The molecule has 0 saturated heterocycles. The Balaban J connectivity index is 1.29. The Labute approximate surface area is 297 Å². The van der Waals surface area contributed by atoms with E-state index in [4.69, 9.17) is 14.2 Å². The van der Waals surface area contributed by atoms with Crippen LogP contribution in [0.4, 0.5) is 14.5 Å².